The first-order valence-corrected chi connectivity index (χ1v) is 6.75. The fourth-order valence-electron chi connectivity index (χ4n) is 2.15. The molecule has 0 saturated heterocycles. The van der Waals surface area contributed by atoms with Crippen molar-refractivity contribution in [2.45, 2.75) is 26.6 Å². The van der Waals surface area contributed by atoms with E-state index in [9.17, 15) is 9.50 Å². The van der Waals surface area contributed by atoms with E-state index in [0.717, 1.165) is 16.9 Å². The Morgan fingerprint density at radius 3 is 2.57 bits per heavy atom. The lowest BCUT2D eigenvalue weighted by Gasteiger charge is -2.15. The molecule has 0 saturated carbocycles. The molecule has 0 bridgehead atoms. The molecule has 0 unspecified atom stereocenters. The molecule has 2 aromatic rings. The van der Waals surface area contributed by atoms with Gasteiger partial charge in [-0.05, 0) is 38.1 Å². The predicted octanol–water partition coefficient (Wildman–Crippen LogP) is 3.78. The average Bonchev–Trinajstić information content (AvgIpc) is 2.45. The zero-order valence-corrected chi connectivity index (χ0v) is 12.4. The minimum Gasteiger partial charge on any atom is -0.496 e. The van der Waals surface area contributed by atoms with Crippen LogP contribution < -0.4 is 9.47 Å². The van der Waals surface area contributed by atoms with Gasteiger partial charge in [-0.15, -0.1) is 0 Å². The second-order valence-electron chi connectivity index (χ2n) is 4.96. The van der Waals surface area contributed by atoms with Crippen molar-refractivity contribution in [2.75, 3.05) is 7.11 Å². The van der Waals surface area contributed by atoms with Gasteiger partial charge in [0.25, 0.3) is 0 Å². The van der Waals surface area contributed by atoms with Gasteiger partial charge in [-0.3, -0.25) is 0 Å². The van der Waals surface area contributed by atoms with Crippen molar-refractivity contribution in [3.8, 4) is 11.5 Å². The highest BCUT2D eigenvalue weighted by atomic mass is 19.1. The van der Waals surface area contributed by atoms with Crippen molar-refractivity contribution in [1.82, 2.24) is 0 Å². The number of aliphatic hydroxyl groups is 1. The van der Waals surface area contributed by atoms with Crippen LogP contribution in [0.5, 0.6) is 11.5 Å². The molecule has 112 valence electrons. The van der Waals surface area contributed by atoms with Crippen LogP contribution in [0.3, 0.4) is 0 Å². The normalized spacial score (nSPS) is 12.0. The number of halogens is 1. The molecule has 4 heteroatoms. The molecule has 2 aromatic carbocycles. The van der Waals surface area contributed by atoms with Gasteiger partial charge < -0.3 is 14.6 Å². The summed E-state index contributed by atoms with van der Waals surface area (Å²) in [7, 11) is 1.59. The number of rotatable bonds is 5. The van der Waals surface area contributed by atoms with E-state index in [2.05, 4.69) is 0 Å². The van der Waals surface area contributed by atoms with E-state index >= 15 is 0 Å². The Morgan fingerprint density at radius 1 is 1.14 bits per heavy atom. The first kappa shape index (κ1) is 15.3. The lowest BCUT2D eigenvalue weighted by Crippen LogP contribution is -2.03. The molecule has 0 aliphatic heterocycles. The summed E-state index contributed by atoms with van der Waals surface area (Å²) in [6, 6.07) is 9.90. The summed E-state index contributed by atoms with van der Waals surface area (Å²) in [5.74, 6) is 0.662. The van der Waals surface area contributed by atoms with E-state index in [1.54, 1.807) is 14.0 Å². The molecule has 0 heterocycles. The molecule has 1 N–H and O–H groups in total. The van der Waals surface area contributed by atoms with Gasteiger partial charge in [0, 0.05) is 17.2 Å². The van der Waals surface area contributed by atoms with Crippen LogP contribution in [0.2, 0.25) is 0 Å². The molecule has 0 spiro atoms. The third-order valence-corrected chi connectivity index (χ3v) is 3.24. The van der Waals surface area contributed by atoms with Gasteiger partial charge in [0.05, 0.1) is 13.2 Å². The highest BCUT2D eigenvalue weighted by Gasteiger charge is 2.12. The Labute approximate surface area is 124 Å². The standard InChI is InChI=1S/C17H19FO3/c1-11-4-7-16(20-3)13(8-11)10-21-17-9-14(18)5-6-15(17)12(2)19/h4-9,12,19H,10H2,1-3H3/t12-/m0/s1. The van der Waals surface area contributed by atoms with Crippen LogP contribution in [0.1, 0.15) is 29.7 Å². The van der Waals surface area contributed by atoms with Crippen molar-refractivity contribution < 1.29 is 19.0 Å². The zero-order valence-electron chi connectivity index (χ0n) is 12.4. The molecule has 0 aromatic heterocycles. The Hall–Kier alpha value is -2.07. The number of aryl methyl sites for hydroxylation is 1. The van der Waals surface area contributed by atoms with Crippen molar-refractivity contribution >= 4 is 0 Å². The Kier molecular flexibility index (Phi) is 4.81. The average molecular weight is 290 g/mol. The molecule has 2 rings (SSSR count). The van der Waals surface area contributed by atoms with Crippen LogP contribution in [0.4, 0.5) is 4.39 Å². The minimum absolute atomic E-state index is 0.244. The van der Waals surface area contributed by atoms with Gasteiger partial charge in [0.1, 0.15) is 23.9 Å². The topological polar surface area (TPSA) is 38.7 Å². The number of hydrogen-bond donors (Lipinski definition) is 1. The van der Waals surface area contributed by atoms with Gasteiger partial charge in [-0.1, -0.05) is 11.6 Å². The van der Waals surface area contributed by atoms with Gasteiger partial charge in [-0.2, -0.15) is 0 Å². The Bertz CT molecular complexity index is 623. The van der Waals surface area contributed by atoms with E-state index in [1.807, 2.05) is 25.1 Å². The summed E-state index contributed by atoms with van der Waals surface area (Å²) in [4.78, 5) is 0. The summed E-state index contributed by atoms with van der Waals surface area (Å²) in [6.45, 7) is 3.84. The monoisotopic (exact) mass is 290 g/mol. The molecule has 21 heavy (non-hydrogen) atoms. The van der Waals surface area contributed by atoms with Crippen molar-refractivity contribution in [3.05, 3.63) is 58.9 Å². The number of methoxy groups -OCH3 is 1. The summed E-state index contributed by atoms with van der Waals surface area (Å²) >= 11 is 0. The summed E-state index contributed by atoms with van der Waals surface area (Å²) in [6.07, 6.45) is -0.722. The number of benzene rings is 2. The van der Waals surface area contributed by atoms with E-state index in [-0.39, 0.29) is 6.61 Å². The number of aliphatic hydroxyl groups excluding tert-OH is 1. The fraction of sp³-hybridized carbons (Fsp3) is 0.294. The predicted molar refractivity (Wildman–Crippen MR) is 79.1 cm³/mol. The maximum atomic E-state index is 13.4. The van der Waals surface area contributed by atoms with E-state index in [1.165, 1.54) is 18.2 Å². The molecule has 0 radical (unpaired) electrons. The molecule has 3 nitrogen and oxygen atoms in total. The highest BCUT2D eigenvalue weighted by molar-refractivity contribution is 5.39. The molecule has 0 aliphatic rings. The van der Waals surface area contributed by atoms with Crippen LogP contribution in [0, 0.1) is 12.7 Å². The zero-order chi connectivity index (χ0) is 15.4. The third-order valence-electron chi connectivity index (χ3n) is 3.24. The van der Waals surface area contributed by atoms with Crippen LogP contribution in [-0.2, 0) is 6.61 Å². The van der Waals surface area contributed by atoms with Crippen LogP contribution in [0.15, 0.2) is 36.4 Å². The molecular weight excluding hydrogens is 271 g/mol. The summed E-state index contributed by atoms with van der Waals surface area (Å²) in [5.41, 5.74) is 2.52. The first-order valence-electron chi connectivity index (χ1n) is 6.75. The lowest BCUT2D eigenvalue weighted by atomic mass is 10.1. The van der Waals surface area contributed by atoms with E-state index in [0.29, 0.717) is 11.3 Å². The molecule has 1 atom stereocenters. The minimum atomic E-state index is -0.722. The van der Waals surface area contributed by atoms with E-state index in [4.69, 9.17) is 9.47 Å². The van der Waals surface area contributed by atoms with Crippen LogP contribution in [-0.4, -0.2) is 12.2 Å². The second-order valence-corrected chi connectivity index (χ2v) is 4.96. The van der Waals surface area contributed by atoms with Crippen molar-refractivity contribution in [2.24, 2.45) is 0 Å². The van der Waals surface area contributed by atoms with Gasteiger partial charge in [-0.25, -0.2) is 4.39 Å². The van der Waals surface area contributed by atoms with E-state index < -0.39 is 11.9 Å². The molecule has 0 amide bonds. The van der Waals surface area contributed by atoms with Crippen LogP contribution in [0.25, 0.3) is 0 Å². The first-order chi connectivity index (χ1) is 10.0. The number of hydrogen-bond acceptors (Lipinski definition) is 3. The highest BCUT2D eigenvalue weighted by Crippen LogP contribution is 2.28. The summed E-state index contributed by atoms with van der Waals surface area (Å²) < 4.78 is 24.3. The maximum Gasteiger partial charge on any atom is 0.128 e. The largest absolute Gasteiger partial charge is 0.496 e. The van der Waals surface area contributed by atoms with Crippen LogP contribution >= 0.6 is 0 Å². The quantitative estimate of drug-likeness (QED) is 0.911. The smallest absolute Gasteiger partial charge is 0.128 e. The molecule has 0 fully saturated rings. The third kappa shape index (κ3) is 3.73. The van der Waals surface area contributed by atoms with Gasteiger partial charge in [0.15, 0.2) is 0 Å². The van der Waals surface area contributed by atoms with Crippen molar-refractivity contribution in [3.63, 3.8) is 0 Å². The van der Waals surface area contributed by atoms with Gasteiger partial charge >= 0.3 is 0 Å². The Morgan fingerprint density at radius 2 is 1.90 bits per heavy atom. The lowest BCUT2D eigenvalue weighted by molar-refractivity contribution is 0.189. The molecule has 0 aliphatic carbocycles. The van der Waals surface area contributed by atoms with Crippen molar-refractivity contribution in [1.29, 1.82) is 0 Å². The summed E-state index contributed by atoms with van der Waals surface area (Å²) in [5, 5.41) is 9.71. The fourth-order valence-corrected chi connectivity index (χ4v) is 2.15. The second kappa shape index (κ2) is 6.59. The number of ether oxygens (including phenoxy) is 2. The Balaban J connectivity index is 2.24. The SMILES string of the molecule is COc1ccc(C)cc1COc1cc(F)ccc1[C@H](C)O. The molecular formula is C17H19FO3. The van der Waals surface area contributed by atoms with Gasteiger partial charge in [0.2, 0.25) is 0 Å². The maximum absolute atomic E-state index is 13.4.